The smallest absolute Gasteiger partial charge is 0.242 e. The molecule has 0 bridgehead atoms. The number of amides is 1. The van der Waals surface area contributed by atoms with Crippen LogP contribution >= 0.6 is 0 Å². The second-order valence-corrected chi connectivity index (χ2v) is 8.26. The number of nitrogens with one attached hydrogen (secondary N) is 1. The van der Waals surface area contributed by atoms with E-state index in [1.807, 2.05) is 90.6 Å². The van der Waals surface area contributed by atoms with Crippen molar-refractivity contribution in [2.75, 3.05) is 32.7 Å². The normalized spacial score (nSPS) is 15.9. The predicted octanol–water partition coefficient (Wildman–Crippen LogP) is 2.88. The Hall–Kier alpha value is -3.22. The molecule has 6 nitrogen and oxygen atoms in total. The lowest BCUT2D eigenvalue weighted by molar-refractivity contribution is -0.127. The van der Waals surface area contributed by atoms with Crippen LogP contribution in [0.25, 0.3) is 0 Å². The molecule has 6 heteroatoms. The van der Waals surface area contributed by atoms with Crippen LogP contribution in [0.15, 0.2) is 79.0 Å². The van der Waals surface area contributed by atoms with Gasteiger partial charge in [-0.2, -0.15) is 0 Å². The number of hydrogen-bond donors (Lipinski definition) is 1. The molecule has 1 unspecified atom stereocenters. The molecule has 0 saturated carbocycles. The summed E-state index contributed by atoms with van der Waals surface area (Å²) in [5.41, 5.74) is 2.80. The summed E-state index contributed by atoms with van der Waals surface area (Å²) >= 11 is 0. The minimum Gasteiger partial charge on any atom is -0.350 e. The molecule has 1 aliphatic rings. The van der Waals surface area contributed by atoms with E-state index < -0.39 is 0 Å². The number of aryl methyl sites for hydroxylation is 1. The molecule has 32 heavy (non-hydrogen) atoms. The highest BCUT2D eigenvalue weighted by Gasteiger charge is 2.31. The minimum atomic E-state index is -0.342. The second-order valence-electron chi connectivity index (χ2n) is 8.26. The van der Waals surface area contributed by atoms with Crippen molar-refractivity contribution >= 4 is 11.7 Å². The summed E-state index contributed by atoms with van der Waals surface area (Å²) < 4.78 is 1.86. The van der Waals surface area contributed by atoms with Crippen LogP contribution in [0, 0.1) is 0 Å². The molecule has 0 spiro atoms. The Kier molecular flexibility index (Phi) is 7.14. The number of rotatable bonds is 8. The minimum absolute atomic E-state index is 0.00777. The Morgan fingerprint density at radius 2 is 1.53 bits per heavy atom. The second kappa shape index (κ2) is 10.4. The summed E-state index contributed by atoms with van der Waals surface area (Å²) in [6, 6.07) is 23.3. The van der Waals surface area contributed by atoms with Gasteiger partial charge in [0.2, 0.25) is 5.91 Å². The molecule has 1 aliphatic heterocycles. The van der Waals surface area contributed by atoms with Crippen molar-refractivity contribution in [3.8, 4) is 0 Å². The number of carbonyl (C=O) groups is 2. The van der Waals surface area contributed by atoms with Crippen molar-refractivity contribution in [1.29, 1.82) is 0 Å². The van der Waals surface area contributed by atoms with E-state index >= 15 is 0 Å². The van der Waals surface area contributed by atoms with E-state index in [4.69, 9.17) is 0 Å². The fraction of sp³-hybridized carbons (Fsp3) is 0.308. The summed E-state index contributed by atoms with van der Waals surface area (Å²) in [5.74, 6) is 0.138. The van der Waals surface area contributed by atoms with Gasteiger partial charge in [-0.05, 0) is 23.3 Å². The lowest BCUT2D eigenvalue weighted by atomic mass is 10.0. The van der Waals surface area contributed by atoms with Gasteiger partial charge in [-0.3, -0.25) is 19.4 Å². The average molecular weight is 431 g/mol. The fourth-order valence-corrected chi connectivity index (χ4v) is 4.26. The highest BCUT2D eigenvalue weighted by atomic mass is 16.2. The number of aromatic nitrogens is 1. The average Bonchev–Trinajstić information content (AvgIpc) is 3.26. The Bertz CT molecular complexity index is 1020. The number of carbonyl (C=O) groups excluding carboxylic acids is 2. The van der Waals surface area contributed by atoms with Crippen LogP contribution in [-0.4, -0.2) is 58.8 Å². The quantitative estimate of drug-likeness (QED) is 0.559. The maximum absolute atomic E-state index is 13.2. The number of nitrogens with zero attached hydrogens (tertiary/aromatic N) is 3. The largest absolute Gasteiger partial charge is 0.350 e. The summed E-state index contributed by atoms with van der Waals surface area (Å²) in [7, 11) is 1.89. The van der Waals surface area contributed by atoms with E-state index in [0.29, 0.717) is 13.1 Å². The highest BCUT2D eigenvalue weighted by Crippen LogP contribution is 2.23. The number of piperazine rings is 1. The van der Waals surface area contributed by atoms with Crippen molar-refractivity contribution in [2.45, 2.75) is 12.6 Å². The van der Waals surface area contributed by atoms with E-state index in [0.717, 1.165) is 43.0 Å². The molecule has 0 radical (unpaired) electrons. The van der Waals surface area contributed by atoms with Crippen LogP contribution in [0.1, 0.15) is 27.7 Å². The molecular formula is C26H30N4O2. The standard InChI is InChI=1S/C26H30N4O2/c1-28-14-8-13-23(28)24(31)20-29-15-17-30(18-16-29)25(22-11-6-3-7-12-22)26(32)27-19-21-9-4-2-5-10-21/h2-14,25H,15-20H2,1H3,(H,27,32). The van der Waals surface area contributed by atoms with Crippen molar-refractivity contribution < 1.29 is 9.59 Å². The van der Waals surface area contributed by atoms with Crippen LogP contribution in [0.5, 0.6) is 0 Å². The van der Waals surface area contributed by atoms with Gasteiger partial charge in [0.1, 0.15) is 6.04 Å². The van der Waals surface area contributed by atoms with Gasteiger partial charge in [0.25, 0.3) is 0 Å². The Morgan fingerprint density at radius 3 is 2.16 bits per heavy atom. The zero-order chi connectivity index (χ0) is 22.3. The molecule has 2 aromatic carbocycles. The summed E-state index contributed by atoms with van der Waals surface area (Å²) in [5, 5.41) is 3.11. The van der Waals surface area contributed by atoms with Crippen LogP contribution in [0.3, 0.4) is 0 Å². The molecule has 4 rings (SSSR count). The van der Waals surface area contributed by atoms with Gasteiger partial charge >= 0.3 is 0 Å². The van der Waals surface area contributed by atoms with Crippen molar-refractivity contribution in [1.82, 2.24) is 19.7 Å². The Labute approximate surface area is 189 Å². The third-order valence-corrected chi connectivity index (χ3v) is 6.04. The first-order valence-electron chi connectivity index (χ1n) is 11.1. The van der Waals surface area contributed by atoms with Crippen LogP contribution in [0.4, 0.5) is 0 Å². The van der Waals surface area contributed by atoms with E-state index in [1.54, 1.807) is 0 Å². The highest BCUT2D eigenvalue weighted by molar-refractivity contribution is 5.96. The van der Waals surface area contributed by atoms with E-state index in [2.05, 4.69) is 15.1 Å². The van der Waals surface area contributed by atoms with Gasteiger partial charge in [-0.15, -0.1) is 0 Å². The summed E-state index contributed by atoms with van der Waals surface area (Å²) in [4.78, 5) is 30.3. The van der Waals surface area contributed by atoms with Gasteiger partial charge in [0.15, 0.2) is 5.78 Å². The zero-order valence-electron chi connectivity index (χ0n) is 18.5. The van der Waals surface area contributed by atoms with E-state index in [1.165, 1.54) is 0 Å². The lowest BCUT2D eigenvalue weighted by Gasteiger charge is -2.38. The van der Waals surface area contributed by atoms with Crippen LogP contribution < -0.4 is 5.32 Å². The Balaban J connectivity index is 1.39. The SMILES string of the molecule is Cn1cccc1C(=O)CN1CCN(C(C(=O)NCc2ccccc2)c2ccccc2)CC1. The molecule has 3 aromatic rings. The molecule has 1 aromatic heterocycles. The molecule has 2 heterocycles. The van der Waals surface area contributed by atoms with Crippen LogP contribution in [-0.2, 0) is 18.4 Å². The predicted molar refractivity (Wildman–Crippen MR) is 125 cm³/mol. The number of ketones is 1. The first-order valence-corrected chi connectivity index (χ1v) is 11.1. The lowest BCUT2D eigenvalue weighted by Crippen LogP contribution is -2.51. The maximum Gasteiger partial charge on any atom is 0.242 e. The van der Waals surface area contributed by atoms with Crippen molar-refractivity contribution in [3.05, 3.63) is 95.8 Å². The van der Waals surface area contributed by atoms with Crippen molar-refractivity contribution in [2.24, 2.45) is 7.05 Å². The van der Waals surface area contributed by atoms with Gasteiger partial charge in [-0.1, -0.05) is 60.7 Å². The molecule has 1 saturated heterocycles. The van der Waals surface area contributed by atoms with Gasteiger partial charge in [-0.25, -0.2) is 0 Å². The monoisotopic (exact) mass is 430 g/mol. The summed E-state index contributed by atoms with van der Waals surface area (Å²) in [6.45, 7) is 3.89. The third-order valence-electron chi connectivity index (χ3n) is 6.04. The van der Waals surface area contributed by atoms with Crippen molar-refractivity contribution in [3.63, 3.8) is 0 Å². The van der Waals surface area contributed by atoms with Gasteiger partial charge in [0.05, 0.1) is 12.2 Å². The summed E-state index contributed by atoms with van der Waals surface area (Å²) in [6.07, 6.45) is 1.89. The molecule has 1 amide bonds. The van der Waals surface area contributed by atoms with Gasteiger partial charge < -0.3 is 9.88 Å². The Morgan fingerprint density at radius 1 is 0.875 bits per heavy atom. The first-order chi connectivity index (χ1) is 15.6. The number of benzene rings is 2. The van der Waals surface area contributed by atoms with Gasteiger partial charge in [0, 0.05) is 46.0 Å². The molecule has 0 aliphatic carbocycles. The maximum atomic E-state index is 13.2. The van der Waals surface area contributed by atoms with E-state index in [9.17, 15) is 9.59 Å². The molecule has 1 atom stereocenters. The topological polar surface area (TPSA) is 57.6 Å². The molecule has 1 N–H and O–H groups in total. The number of Topliss-reactive ketones (excluding diaryl/α,β-unsaturated/α-hetero) is 1. The van der Waals surface area contributed by atoms with Crippen LogP contribution in [0.2, 0.25) is 0 Å². The fourth-order valence-electron chi connectivity index (χ4n) is 4.26. The zero-order valence-corrected chi connectivity index (χ0v) is 18.5. The first kappa shape index (κ1) is 22.0. The molecular weight excluding hydrogens is 400 g/mol. The third kappa shape index (κ3) is 5.33. The molecule has 1 fully saturated rings. The van der Waals surface area contributed by atoms with E-state index in [-0.39, 0.29) is 17.7 Å². The number of hydrogen-bond acceptors (Lipinski definition) is 4. The molecule has 166 valence electrons.